The summed E-state index contributed by atoms with van der Waals surface area (Å²) < 4.78 is 28.6. The topological polar surface area (TPSA) is 66.5 Å². The van der Waals surface area contributed by atoms with Gasteiger partial charge < -0.3 is 0 Å². The molecule has 33 heavy (non-hydrogen) atoms. The summed E-state index contributed by atoms with van der Waals surface area (Å²) in [5.74, 6) is -0.106. The molecular formula is C25H24Cl2N2O3S. The number of sulfonamides is 1. The number of nitrogens with zero attached hydrogens (tertiary/aromatic N) is 1. The standard InChI is InChI=1S/C25H24Cl2N2O3S/c1-16-24(28-33(31,32)23-13-7-18(8-14-23)17(2)30)15-29(16)25(19-3-9-21(26)10-4-19)20-5-11-22(27)12-6-20/h3-14,16,24-25,28H,15H2,1-2H3/t16-,24+/m0/s1. The molecule has 0 amide bonds. The fourth-order valence-electron chi connectivity index (χ4n) is 4.12. The number of carbonyl (C=O) groups is 1. The molecular weight excluding hydrogens is 479 g/mol. The molecule has 5 nitrogen and oxygen atoms in total. The summed E-state index contributed by atoms with van der Waals surface area (Å²) in [5, 5.41) is 1.32. The smallest absolute Gasteiger partial charge is 0.240 e. The highest BCUT2D eigenvalue weighted by Crippen LogP contribution is 2.37. The highest BCUT2D eigenvalue weighted by atomic mass is 35.5. The molecule has 8 heteroatoms. The number of benzene rings is 3. The average Bonchev–Trinajstić information content (AvgIpc) is 2.80. The first-order chi connectivity index (χ1) is 15.7. The van der Waals surface area contributed by atoms with E-state index in [0.29, 0.717) is 22.2 Å². The lowest BCUT2D eigenvalue weighted by molar-refractivity contribution is 0.0370. The zero-order chi connectivity index (χ0) is 23.8. The molecule has 1 fully saturated rings. The van der Waals surface area contributed by atoms with Crippen LogP contribution >= 0.6 is 23.2 Å². The second kappa shape index (κ2) is 9.57. The van der Waals surface area contributed by atoms with Crippen molar-refractivity contribution in [1.29, 1.82) is 0 Å². The molecule has 0 unspecified atom stereocenters. The lowest BCUT2D eigenvalue weighted by atomic mass is 9.89. The van der Waals surface area contributed by atoms with E-state index in [1.807, 2.05) is 55.5 Å². The van der Waals surface area contributed by atoms with Gasteiger partial charge in [-0.3, -0.25) is 9.69 Å². The maximum atomic E-state index is 12.9. The zero-order valence-corrected chi connectivity index (χ0v) is 20.5. The van der Waals surface area contributed by atoms with E-state index in [1.54, 1.807) is 0 Å². The minimum atomic E-state index is -3.71. The molecule has 2 atom stereocenters. The Balaban J connectivity index is 1.54. The third-order valence-electron chi connectivity index (χ3n) is 6.09. The number of nitrogens with one attached hydrogen (secondary N) is 1. The Labute approximate surface area is 204 Å². The van der Waals surface area contributed by atoms with Crippen molar-refractivity contribution in [2.75, 3.05) is 6.54 Å². The van der Waals surface area contributed by atoms with Gasteiger partial charge in [-0.1, -0.05) is 59.6 Å². The van der Waals surface area contributed by atoms with Gasteiger partial charge in [0.25, 0.3) is 0 Å². The largest absolute Gasteiger partial charge is 0.295 e. The first kappa shape index (κ1) is 23.9. The van der Waals surface area contributed by atoms with Gasteiger partial charge in [-0.25, -0.2) is 13.1 Å². The molecule has 1 N–H and O–H groups in total. The molecule has 0 radical (unpaired) electrons. The number of likely N-dealkylation sites (tertiary alicyclic amines) is 1. The van der Waals surface area contributed by atoms with Gasteiger partial charge in [0, 0.05) is 28.2 Å². The highest BCUT2D eigenvalue weighted by molar-refractivity contribution is 7.89. The third-order valence-corrected chi connectivity index (χ3v) is 8.10. The van der Waals surface area contributed by atoms with Crippen LogP contribution in [-0.4, -0.2) is 37.7 Å². The Kier molecular flexibility index (Phi) is 6.93. The van der Waals surface area contributed by atoms with Crippen molar-refractivity contribution < 1.29 is 13.2 Å². The number of hydrogen-bond acceptors (Lipinski definition) is 4. The van der Waals surface area contributed by atoms with Crippen LogP contribution in [0.4, 0.5) is 0 Å². The van der Waals surface area contributed by atoms with Crippen molar-refractivity contribution in [3.05, 3.63) is 99.5 Å². The van der Waals surface area contributed by atoms with Gasteiger partial charge in [0.05, 0.1) is 17.0 Å². The van der Waals surface area contributed by atoms with E-state index in [0.717, 1.165) is 11.1 Å². The number of carbonyl (C=O) groups excluding carboxylic acids is 1. The number of Topliss-reactive ketones (excluding diaryl/α,β-unsaturated/α-hetero) is 1. The second-order valence-corrected chi connectivity index (χ2v) is 10.8. The Morgan fingerprint density at radius 3 is 1.82 bits per heavy atom. The summed E-state index contributed by atoms with van der Waals surface area (Å²) in [7, 11) is -3.71. The van der Waals surface area contributed by atoms with Crippen LogP contribution in [0.15, 0.2) is 77.7 Å². The molecule has 1 saturated heterocycles. The van der Waals surface area contributed by atoms with Gasteiger partial charge in [-0.05, 0) is 61.4 Å². The Morgan fingerprint density at radius 1 is 0.909 bits per heavy atom. The highest BCUT2D eigenvalue weighted by Gasteiger charge is 2.42. The van der Waals surface area contributed by atoms with E-state index in [-0.39, 0.29) is 28.8 Å². The summed E-state index contributed by atoms with van der Waals surface area (Å²) in [4.78, 5) is 13.9. The van der Waals surface area contributed by atoms with Crippen LogP contribution in [0, 0.1) is 0 Å². The van der Waals surface area contributed by atoms with Crippen LogP contribution in [-0.2, 0) is 10.0 Å². The first-order valence-corrected chi connectivity index (χ1v) is 12.8. The maximum absolute atomic E-state index is 12.9. The third kappa shape index (κ3) is 5.15. The number of ketones is 1. The van der Waals surface area contributed by atoms with Crippen molar-refractivity contribution in [2.45, 2.75) is 36.9 Å². The zero-order valence-electron chi connectivity index (χ0n) is 18.2. The Bertz CT molecular complexity index is 1200. The molecule has 172 valence electrons. The lowest BCUT2D eigenvalue weighted by Gasteiger charge is -2.50. The average molecular weight is 503 g/mol. The fourth-order valence-corrected chi connectivity index (χ4v) is 5.67. The van der Waals surface area contributed by atoms with E-state index in [1.165, 1.54) is 31.2 Å². The van der Waals surface area contributed by atoms with Gasteiger partial charge in [0.2, 0.25) is 10.0 Å². The molecule has 3 aromatic rings. The van der Waals surface area contributed by atoms with E-state index in [9.17, 15) is 13.2 Å². The summed E-state index contributed by atoms with van der Waals surface area (Å²) in [6.07, 6.45) is 0. The minimum Gasteiger partial charge on any atom is -0.295 e. The van der Waals surface area contributed by atoms with Crippen LogP contribution in [0.3, 0.4) is 0 Å². The molecule has 0 spiro atoms. The lowest BCUT2D eigenvalue weighted by Crippen LogP contribution is -2.66. The molecule has 1 aliphatic rings. The van der Waals surface area contributed by atoms with Crippen LogP contribution in [0.25, 0.3) is 0 Å². The molecule has 1 heterocycles. The molecule has 1 aliphatic heterocycles. The van der Waals surface area contributed by atoms with Crippen LogP contribution in [0.1, 0.15) is 41.4 Å². The molecule has 0 aliphatic carbocycles. The second-order valence-electron chi connectivity index (χ2n) is 8.25. The first-order valence-electron chi connectivity index (χ1n) is 10.6. The van der Waals surface area contributed by atoms with Crippen molar-refractivity contribution in [3.8, 4) is 0 Å². The number of rotatable bonds is 7. The van der Waals surface area contributed by atoms with Gasteiger partial charge in [0.1, 0.15) is 0 Å². The molecule has 0 saturated carbocycles. The van der Waals surface area contributed by atoms with Crippen molar-refractivity contribution >= 4 is 39.0 Å². The summed E-state index contributed by atoms with van der Waals surface area (Å²) in [6, 6.07) is 21.0. The number of hydrogen-bond donors (Lipinski definition) is 1. The maximum Gasteiger partial charge on any atom is 0.240 e. The summed E-state index contributed by atoms with van der Waals surface area (Å²) in [5.41, 5.74) is 2.61. The van der Waals surface area contributed by atoms with Crippen molar-refractivity contribution in [2.24, 2.45) is 0 Å². The number of halogens is 2. The SMILES string of the molecule is CC(=O)c1ccc(S(=O)(=O)N[C@@H]2CN(C(c3ccc(Cl)cc3)c3ccc(Cl)cc3)[C@H]2C)cc1. The molecule has 4 rings (SSSR count). The monoisotopic (exact) mass is 502 g/mol. The van der Waals surface area contributed by atoms with Gasteiger partial charge >= 0.3 is 0 Å². The van der Waals surface area contributed by atoms with Crippen LogP contribution in [0.5, 0.6) is 0 Å². The Hall–Kier alpha value is -2.22. The molecule has 0 aromatic heterocycles. The van der Waals surface area contributed by atoms with E-state index in [4.69, 9.17) is 23.2 Å². The van der Waals surface area contributed by atoms with E-state index in [2.05, 4.69) is 9.62 Å². The summed E-state index contributed by atoms with van der Waals surface area (Å²) >= 11 is 12.2. The molecule has 3 aromatic carbocycles. The van der Waals surface area contributed by atoms with Crippen molar-refractivity contribution in [1.82, 2.24) is 9.62 Å². The normalized spacial score (nSPS) is 18.8. The summed E-state index contributed by atoms with van der Waals surface area (Å²) in [6.45, 7) is 4.00. The van der Waals surface area contributed by atoms with Crippen LogP contribution in [0.2, 0.25) is 10.0 Å². The van der Waals surface area contributed by atoms with Gasteiger partial charge in [0.15, 0.2) is 5.78 Å². The minimum absolute atomic E-state index is 0.0485. The van der Waals surface area contributed by atoms with Gasteiger partial charge in [-0.15, -0.1) is 0 Å². The molecule has 0 bridgehead atoms. The predicted molar refractivity (Wildman–Crippen MR) is 131 cm³/mol. The van der Waals surface area contributed by atoms with E-state index < -0.39 is 10.0 Å². The Morgan fingerprint density at radius 2 is 1.39 bits per heavy atom. The van der Waals surface area contributed by atoms with E-state index >= 15 is 0 Å². The fraction of sp³-hybridized carbons (Fsp3) is 0.240. The van der Waals surface area contributed by atoms with Crippen LogP contribution < -0.4 is 4.72 Å². The van der Waals surface area contributed by atoms with Gasteiger partial charge in [-0.2, -0.15) is 0 Å². The quantitative estimate of drug-likeness (QED) is 0.443. The van der Waals surface area contributed by atoms with Crippen molar-refractivity contribution in [3.63, 3.8) is 0 Å². The predicted octanol–water partition coefficient (Wildman–Crippen LogP) is 5.34.